The Morgan fingerprint density at radius 1 is 1.07 bits per heavy atom. The third-order valence-corrected chi connectivity index (χ3v) is 9.65. The predicted octanol–water partition coefficient (Wildman–Crippen LogP) is 3.87. The lowest BCUT2D eigenvalue weighted by Gasteiger charge is -2.36. The first kappa shape index (κ1) is 35.4. The Morgan fingerprint density at radius 2 is 1.80 bits per heavy atom. The number of carbonyl (C=O) groups is 5. The number of alkyl carbamates (subject to hydrolysis) is 2. The lowest BCUT2D eigenvalue weighted by atomic mass is 9.89. The number of hydrogen-bond acceptors (Lipinski definition) is 8. The summed E-state index contributed by atoms with van der Waals surface area (Å²) in [5, 5.41) is 8.42. The van der Waals surface area contributed by atoms with E-state index in [2.05, 4.69) is 47.7 Å². The molecule has 248 valence electrons. The van der Waals surface area contributed by atoms with Gasteiger partial charge in [0.2, 0.25) is 11.4 Å². The summed E-state index contributed by atoms with van der Waals surface area (Å²) in [4.78, 5) is 69.0. The summed E-state index contributed by atoms with van der Waals surface area (Å²) in [5.41, 5.74) is -3.02. The van der Waals surface area contributed by atoms with Gasteiger partial charge in [-0.3, -0.25) is 14.9 Å². The minimum atomic E-state index is -2.12. The minimum absolute atomic E-state index is 0.0188. The van der Waals surface area contributed by atoms with Crippen LogP contribution in [-0.4, -0.2) is 92.0 Å². The highest BCUT2D eigenvalue weighted by Crippen LogP contribution is 2.34. The summed E-state index contributed by atoms with van der Waals surface area (Å²) in [6.07, 6.45) is 6.35. The van der Waals surface area contributed by atoms with E-state index in [0.29, 0.717) is 12.8 Å². The highest BCUT2D eigenvalue weighted by atomic mass is 28.3. The molecule has 0 bridgehead atoms. The van der Waals surface area contributed by atoms with Crippen molar-refractivity contribution in [3.05, 3.63) is 12.2 Å². The van der Waals surface area contributed by atoms with Crippen molar-refractivity contribution in [3.8, 4) is 0 Å². The number of allylic oxidation sites excluding steroid dienone is 1. The second-order valence-corrected chi connectivity index (χ2v) is 19.9. The van der Waals surface area contributed by atoms with Crippen LogP contribution in [0.15, 0.2) is 12.2 Å². The fourth-order valence-electron chi connectivity index (χ4n) is 5.48. The molecule has 1 saturated heterocycles. The lowest BCUT2D eigenvalue weighted by molar-refractivity contribution is -0.162. The summed E-state index contributed by atoms with van der Waals surface area (Å²) in [6.45, 7) is 13.4. The second kappa shape index (κ2) is 14.8. The average molecular weight is 637 g/mol. The SMILES string of the molecule is CCOC(=O)[C@]1(NC(=O)OC(C)(C)C)CCCCC/C=C\[C@@H]2C[C@H]2NC(=O)[C@@H]2C[C@@H](NC(=O)OCC[Si](C)(C)C)CN2C1=O. The van der Waals surface area contributed by atoms with Crippen LogP contribution in [0.1, 0.15) is 72.6 Å². The van der Waals surface area contributed by atoms with Crippen molar-refractivity contribution in [1.29, 1.82) is 0 Å². The molecule has 2 fully saturated rings. The number of carbonyl (C=O) groups excluding carboxylic acids is 5. The van der Waals surface area contributed by atoms with E-state index in [-0.39, 0.29) is 50.5 Å². The zero-order valence-corrected chi connectivity index (χ0v) is 28.5. The third-order valence-electron chi connectivity index (χ3n) is 7.95. The number of hydrogen-bond donors (Lipinski definition) is 3. The molecule has 3 rings (SSSR count). The van der Waals surface area contributed by atoms with Crippen molar-refractivity contribution in [2.45, 2.75) is 128 Å². The van der Waals surface area contributed by atoms with Gasteiger partial charge in [-0.1, -0.05) is 38.2 Å². The Kier molecular flexibility index (Phi) is 11.9. The Morgan fingerprint density at radius 3 is 2.45 bits per heavy atom. The molecular weight excluding hydrogens is 584 g/mol. The molecule has 0 aromatic rings. The molecule has 44 heavy (non-hydrogen) atoms. The fraction of sp³-hybridized carbons (Fsp3) is 0.774. The molecule has 1 saturated carbocycles. The van der Waals surface area contributed by atoms with Crippen LogP contribution in [-0.2, 0) is 28.6 Å². The molecule has 4 amide bonds. The first-order chi connectivity index (χ1) is 20.5. The topological polar surface area (TPSA) is 152 Å². The van der Waals surface area contributed by atoms with Crippen molar-refractivity contribution < 1.29 is 38.2 Å². The highest BCUT2D eigenvalue weighted by Gasteiger charge is 2.55. The summed E-state index contributed by atoms with van der Waals surface area (Å²) >= 11 is 0. The largest absolute Gasteiger partial charge is 0.464 e. The van der Waals surface area contributed by atoms with Crippen LogP contribution in [0, 0.1) is 5.92 Å². The normalized spacial score (nSPS) is 28.7. The molecule has 1 aliphatic carbocycles. The fourth-order valence-corrected chi connectivity index (χ4v) is 6.20. The van der Waals surface area contributed by atoms with Gasteiger partial charge in [-0.05, 0) is 78.2 Å². The molecule has 0 unspecified atom stereocenters. The van der Waals surface area contributed by atoms with Crippen LogP contribution in [0.5, 0.6) is 0 Å². The van der Waals surface area contributed by atoms with E-state index < -0.39 is 55.4 Å². The molecule has 13 heteroatoms. The van der Waals surface area contributed by atoms with E-state index in [1.807, 2.05) is 0 Å². The van der Waals surface area contributed by atoms with E-state index in [1.54, 1.807) is 27.7 Å². The first-order valence-electron chi connectivity index (χ1n) is 15.9. The van der Waals surface area contributed by atoms with Gasteiger partial charge in [-0.25, -0.2) is 14.4 Å². The van der Waals surface area contributed by atoms with Gasteiger partial charge in [-0.15, -0.1) is 0 Å². The van der Waals surface area contributed by atoms with Gasteiger partial charge in [0, 0.05) is 20.7 Å². The maximum absolute atomic E-state index is 14.6. The maximum Gasteiger partial charge on any atom is 0.408 e. The first-order valence-corrected chi connectivity index (χ1v) is 19.6. The van der Waals surface area contributed by atoms with Crippen LogP contribution >= 0.6 is 0 Å². The molecule has 12 nitrogen and oxygen atoms in total. The highest BCUT2D eigenvalue weighted by molar-refractivity contribution is 6.76. The Balaban J connectivity index is 1.94. The summed E-state index contributed by atoms with van der Waals surface area (Å²) in [7, 11) is -1.42. The molecule has 2 aliphatic heterocycles. The summed E-state index contributed by atoms with van der Waals surface area (Å²) in [6, 6.07) is -0.839. The van der Waals surface area contributed by atoms with Crippen molar-refractivity contribution in [1.82, 2.24) is 20.9 Å². The quantitative estimate of drug-likeness (QED) is 0.125. The Bertz CT molecular complexity index is 1100. The van der Waals surface area contributed by atoms with Gasteiger partial charge in [0.1, 0.15) is 11.6 Å². The van der Waals surface area contributed by atoms with Gasteiger partial charge in [0.05, 0.1) is 19.3 Å². The van der Waals surface area contributed by atoms with Gasteiger partial charge in [0.25, 0.3) is 5.91 Å². The molecule has 2 heterocycles. The molecule has 3 N–H and O–H groups in total. The number of ether oxygens (including phenoxy) is 3. The van der Waals surface area contributed by atoms with E-state index in [9.17, 15) is 24.0 Å². The van der Waals surface area contributed by atoms with Crippen molar-refractivity contribution in [3.63, 3.8) is 0 Å². The van der Waals surface area contributed by atoms with Gasteiger partial charge >= 0.3 is 18.2 Å². The molecule has 0 radical (unpaired) electrons. The smallest absolute Gasteiger partial charge is 0.408 e. The Labute approximate surface area is 262 Å². The summed E-state index contributed by atoms with van der Waals surface area (Å²) < 4.78 is 16.3. The van der Waals surface area contributed by atoms with Crippen molar-refractivity contribution >= 4 is 38.0 Å². The van der Waals surface area contributed by atoms with E-state index >= 15 is 0 Å². The Hall–Kier alpha value is -3.09. The molecule has 0 aromatic heterocycles. The summed E-state index contributed by atoms with van der Waals surface area (Å²) in [5.74, 6) is -1.82. The molecule has 0 aromatic carbocycles. The van der Waals surface area contributed by atoms with E-state index in [1.165, 1.54) is 4.90 Å². The van der Waals surface area contributed by atoms with E-state index in [4.69, 9.17) is 14.2 Å². The van der Waals surface area contributed by atoms with Crippen LogP contribution in [0.4, 0.5) is 9.59 Å². The zero-order valence-electron chi connectivity index (χ0n) is 27.5. The number of esters is 1. The van der Waals surface area contributed by atoms with Gasteiger partial charge < -0.3 is 29.7 Å². The predicted molar refractivity (Wildman–Crippen MR) is 168 cm³/mol. The van der Waals surface area contributed by atoms with Crippen molar-refractivity contribution in [2.75, 3.05) is 19.8 Å². The van der Waals surface area contributed by atoms with Crippen LogP contribution in [0.3, 0.4) is 0 Å². The van der Waals surface area contributed by atoms with Crippen LogP contribution < -0.4 is 16.0 Å². The molecule has 5 atom stereocenters. The number of fused-ring (bicyclic) bond motifs is 2. The van der Waals surface area contributed by atoms with Gasteiger partial charge in [0.15, 0.2) is 0 Å². The van der Waals surface area contributed by atoms with Crippen LogP contribution in [0.2, 0.25) is 25.7 Å². The number of rotatable bonds is 7. The molecule has 0 spiro atoms. The van der Waals surface area contributed by atoms with Crippen LogP contribution in [0.25, 0.3) is 0 Å². The number of nitrogens with zero attached hydrogens (tertiary/aromatic N) is 1. The third kappa shape index (κ3) is 10.2. The zero-order chi connectivity index (χ0) is 32.7. The standard InChI is InChI=1S/C31H52N4O8Si/c1-8-41-27(38)31(34-29(40)43-30(2,3)4)15-13-11-9-10-12-14-21-18-23(21)33-25(36)24-19-22(20-35(24)26(31)37)32-28(39)42-16-17-44(5,6)7/h12,14,21-24H,8-11,13,15-20H2,1-7H3,(H,32,39)(H,33,36)(H,34,40)/b14-12-/t21-,22-,23-,24+,31+/m1/s1. The monoisotopic (exact) mass is 636 g/mol. The van der Waals surface area contributed by atoms with Gasteiger partial charge in [-0.2, -0.15) is 0 Å². The van der Waals surface area contributed by atoms with Crippen molar-refractivity contribution in [2.24, 2.45) is 5.92 Å². The molecule has 3 aliphatic rings. The lowest BCUT2D eigenvalue weighted by Crippen LogP contribution is -2.67. The second-order valence-electron chi connectivity index (χ2n) is 14.3. The number of nitrogens with one attached hydrogen (secondary N) is 3. The molecular formula is C31H52N4O8Si. The maximum atomic E-state index is 14.6. The average Bonchev–Trinajstić information content (AvgIpc) is 3.48. The van der Waals surface area contributed by atoms with E-state index in [0.717, 1.165) is 25.3 Å². The minimum Gasteiger partial charge on any atom is -0.464 e. The number of amides is 4.